The Morgan fingerprint density at radius 3 is 1.40 bits per heavy atom. The van der Waals surface area contributed by atoms with Gasteiger partial charge >= 0.3 is 0 Å². The van der Waals surface area contributed by atoms with Gasteiger partial charge < -0.3 is 18.8 Å². The number of ether oxygens (including phenoxy) is 2. The Labute approximate surface area is 437 Å². The van der Waals surface area contributed by atoms with Crippen molar-refractivity contribution >= 4 is 45.7 Å². The molecule has 0 spiro atoms. The van der Waals surface area contributed by atoms with Crippen molar-refractivity contribution in [3.8, 4) is 66.0 Å². The molecule has 73 heavy (non-hydrogen) atoms. The van der Waals surface area contributed by atoms with Crippen LogP contribution in [0.2, 0.25) is 0 Å². The van der Waals surface area contributed by atoms with Crippen LogP contribution in [0.3, 0.4) is 0 Å². The van der Waals surface area contributed by atoms with Gasteiger partial charge in [0, 0.05) is 43.3 Å². The first-order valence-corrected chi connectivity index (χ1v) is 27.6. The second-order valence-electron chi connectivity index (χ2n) is 19.2. The minimum absolute atomic E-state index is 0.611. The van der Waals surface area contributed by atoms with Crippen LogP contribution in [0.25, 0.3) is 65.4 Å². The average Bonchev–Trinajstić information content (AvgIpc) is 4.08. The van der Waals surface area contributed by atoms with E-state index in [2.05, 4.69) is 183 Å². The summed E-state index contributed by atoms with van der Waals surface area (Å²) in [5, 5.41) is 0.985. The molecule has 0 amide bonds. The van der Waals surface area contributed by atoms with E-state index in [4.69, 9.17) is 13.9 Å². The van der Waals surface area contributed by atoms with Crippen molar-refractivity contribution in [2.24, 2.45) is 0 Å². The summed E-state index contributed by atoms with van der Waals surface area (Å²) >= 11 is 1.87. The van der Waals surface area contributed by atoms with Gasteiger partial charge in [-0.25, -0.2) is 0 Å². The molecule has 0 unspecified atom stereocenters. The summed E-state index contributed by atoms with van der Waals surface area (Å²) in [5.41, 5.74) is 14.1. The third-order valence-corrected chi connectivity index (χ3v) is 15.1. The Balaban J connectivity index is 0.979. The van der Waals surface area contributed by atoms with Crippen molar-refractivity contribution in [3.63, 3.8) is 0 Å². The van der Waals surface area contributed by atoms with Crippen LogP contribution in [0.4, 0.5) is 17.1 Å². The molecule has 0 aliphatic carbocycles. The SMILES string of the molecule is CCCCCCOc1ccc(-c2ccc(N(c3ccc(-c4ccc(OCCCCCC)cc4)cc3)c3ccc(-c4cc(CCCCCC)c(-c5ccc(-c6cc7ccc(C=O)cc7o6)cc5)s4)cc3)cc2)cc1. The number of aldehydes is 1. The largest absolute Gasteiger partial charge is 0.494 e. The minimum Gasteiger partial charge on any atom is -0.494 e. The number of nitrogens with zero attached hydrogens (tertiary/aromatic N) is 1. The van der Waals surface area contributed by atoms with Gasteiger partial charge in [-0.3, -0.25) is 4.79 Å². The fraction of sp³-hybridized carbons (Fsp3) is 0.269. The Morgan fingerprint density at radius 2 is 0.904 bits per heavy atom. The van der Waals surface area contributed by atoms with Gasteiger partial charge in [-0.15, -0.1) is 11.3 Å². The summed E-state index contributed by atoms with van der Waals surface area (Å²) < 4.78 is 18.3. The Hall–Kier alpha value is -7.15. The van der Waals surface area contributed by atoms with Crippen molar-refractivity contribution < 1.29 is 18.7 Å². The molecule has 372 valence electrons. The highest BCUT2D eigenvalue weighted by Gasteiger charge is 2.17. The second kappa shape index (κ2) is 25.5. The van der Waals surface area contributed by atoms with Crippen LogP contribution in [-0.2, 0) is 6.42 Å². The fourth-order valence-electron chi connectivity index (χ4n) is 9.55. The van der Waals surface area contributed by atoms with Crippen LogP contribution < -0.4 is 14.4 Å². The Bertz CT molecular complexity index is 3010. The number of carbonyl (C=O) groups is 1. The Morgan fingerprint density at radius 1 is 0.452 bits per heavy atom. The summed E-state index contributed by atoms with van der Waals surface area (Å²) in [4.78, 5) is 16.3. The lowest BCUT2D eigenvalue weighted by molar-refractivity contribution is 0.112. The smallest absolute Gasteiger partial charge is 0.150 e. The van der Waals surface area contributed by atoms with E-state index in [1.54, 1.807) is 6.07 Å². The maximum atomic E-state index is 11.4. The summed E-state index contributed by atoms with van der Waals surface area (Å²) in [6, 6.07) is 62.7. The summed E-state index contributed by atoms with van der Waals surface area (Å²) in [7, 11) is 0. The molecule has 0 bridgehead atoms. The van der Waals surface area contributed by atoms with Gasteiger partial charge in [0.15, 0.2) is 0 Å². The number of unbranched alkanes of at least 4 members (excludes halogenated alkanes) is 9. The van der Waals surface area contributed by atoms with Crippen LogP contribution in [0.5, 0.6) is 11.5 Å². The van der Waals surface area contributed by atoms with Crippen molar-refractivity contribution in [3.05, 3.63) is 187 Å². The number of carbonyl (C=O) groups excluding carboxylic acids is 1. The quantitative estimate of drug-likeness (QED) is 0.0400. The molecule has 9 rings (SSSR count). The van der Waals surface area contributed by atoms with E-state index in [0.717, 1.165) is 112 Å². The Kier molecular flexibility index (Phi) is 17.7. The van der Waals surface area contributed by atoms with Gasteiger partial charge in [-0.2, -0.15) is 0 Å². The molecule has 0 aliphatic heterocycles. The molecule has 7 aromatic carbocycles. The molecule has 0 atom stereocenters. The zero-order valence-electron chi connectivity index (χ0n) is 42.9. The molecule has 5 nitrogen and oxygen atoms in total. The lowest BCUT2D eigenvalue weighted by atomic mass is 10.0. The van der Waals surface area contributed by atoms with Crippen LogP contribution in [0, 0.1) is 0 Å². The average molecular weight is 984 g/mol. The van der Waals surface area contributed by atoms with Gasteiger partial charge in [-0.1, -0.05) is 176 Å². The van der Waals surface area contributed by atoms with E-state index in [0.29, 0.717) is 5.56 Å². The number of furan rings is 1. The number of fused-ring (bicyclic) bond motifs is 1. The molecule has 0 saturated heterocycles. The molecular formula is C67H69NO4S. The number of hydrogen-bond acceptors (Lipinski definition) is 6. The monoisotopic (exact) mass is 983 g/mol. The highest BCUT2D eigenvalue weighted by Crippen LogP contribution is 2.43. The van der Waals surface area contributed by atoms with E-state index < -0.39 is 0 Å². The van der Waals surface area contributed by atoms with Crippen LogP contribution >= 0.6 is 11.3 Å². The van der Waals surface area contributed by atoms with Gasteiger partial charge in [0.25, 0.3) is 0 Å². The van der Waals surface area contributed by atoms with Crippen LogP contribution in [0.1, 0.15) is 114 Å². The second-order valence-corrected chi connectivity index (χ2v) is 20.3. The van der Waals surface area contributed by atoms with Gasteiger partial charge in [0.2, 0.25) is 0 Å². The first-order chi connectivity index (χ1) is 36.0. The van der Waals surface area contributed by atoms with E-state index in [-0.39, 0.29) is 0 Å². The van der Waals surface area contributed by atoms with Crippen molar-refractivity contribution in [1.29, 1.82) is 0 Å². The molecule has 2 heterocycles. The maximum Gasteiger partial charge on any atom is 0.150 e. The zero-order valence-corrected chi connectivity index (χ0v) is 43.7. The van der Waals surface area contributed by atoms with Crippen LogP contribution in [-0.4, -0.2) is 19.5 Å². The fourth-order valence-corrected chi connectivity index (χ4v) is 10.8. The van der Waals surface area contributed by atoms with Gasteiger partial charge in [0.1, 0.15) is 29.1 Å². The topological polar surface area (TPSA) is 51.9 Å². The third kappa shape index (κ3) is 13.1. The predicted octanol–water partition coefficient (Wildman–Crippen LogP) is 20.2. The summed E-state index contributed by atoms with van der Waals surface area (Å²) in [5.74, 6) is 2.64. The minimum atomic E-state index is 0.611. The molecule has 2 aromatic heterocycles. The summed E-state index contributed by atoms with van der Waals surface area (Å²) in [6.07, 6.45) is 16.3. The lowest BCUT2D eigenvalue weighted by Crippen LogP contribution is -2.09. The molecular weight excluding hydrogens is 915 g/mol. The molecule has 0 fully saturated rings. The molecule has 0 aliphatic rings. The normalized spacial score (nSPS) is 11.3. The highest BCUT2D eigenvalue weighted by molar-refractivity contribution is 7.19. The zero-order chi connectivity index (χ0) is 50.2. The summed E-state index contributed by atoms with van der Waals surface area (Å²) in [6.45, 7) is 8.26. The standard InChI is InChI=1S/C67H69NO4S/c1-4-7-10-13-16-58-47-66(73-67(58)56-21-19-54(20-22-56)65-46-57-18-17-49(48-69)45-64(57)72-65)55-27-37-61(38-28-55)68(59-33-23-50(24-34-59)52-29-39-62(40-30-52)70-43-14-11-8-5-2)60-35-25-51(26-36-60)53-31-41-63(42-32-53)71-44-15-12-9-6-3/h17-42,45-48H,4-16,43-44H2,1-3H3. The third-order valence-electron chi connectivity index (χ3n) is 13.8. The van der Waals surface area contributed by atoms with Crippen LogP contribution in [0.15, 0.2) is 180 Å². The predicted molar refractivity (Wildman–Crippen MR) is 308 cm³/mol. The van der Waals surface area contributed by atoms with E-state index in [1.165, 1.54) is 90.7 Å². The number of aryl methyl sites for hydroxylation is 1. The number of benzene rings is 7. The van der Waals surface area contributed by atoms with Crippen molar-refractivity contribution in [2.45, 2.75) is 104 Å². The number of thiophene rings is 1. The molecule has 0 radical (unpaired) electrons. The van der Waals surface area contributed by atoms with E-state index in [9.17, 15) is 4.79 Å². The lowest BCUT2D eigenvalue weighted by Gasteiger charge is -2.26. The first-order valence-electron chi connectivity index (χ1n) is 26.8. The van der Waals surface area contributed by atoms with E-state index in [1.807, 2.05) is 23.5 Å². The molecule has 0 saturated carbocycles. The number of hydrogen-bond donors (Lipinski definition) is 0. The highest BCUT2D eigenvalue weighted by atomic mass is 32.1. The first kappa shape index (κ1) is 50.8. The number of anilines is 3. The van der Waals surface area contributed by atoms with E-state index >= 15 is 0 Å². The number of rotatable bonds is 26. The molecule has 9 aromatic rings. The maximum absolute atomic E-state index is 11.4. The van der Waals surface area contributed by atoms with Gasteiger partial charge in [0.05, 0.1) is 13.2 Å². The molecule has 0 N–H and O–H groups in total. The van der Waals surface area contributed by atoms with Crippen molar-refractivity contribution in [2.75, 3.05) is 18.1 Å². The molecule has 6 heteroatoms. The van der Waals surface area contributed by atoms with Gasteiger partial charge in [-0.05, 0) is 143 Å². The van der Waals surface area contributed by atoms with Crippen molar-refractivity contribution in [1.82, 2.24) is 0 Å².